The smallest absolute Gasteiger partial charge is 0.302 e. The molecule has 0 aromatic heterocycles. The summed E-state index contributed by atoms with van der Waals surface area (Å²) in [5, 5.41) is 9.85. The monoisotopic (exact) mass is 300 g/mol. The van der Waals surface area contributed by atoms with Crippen molar-refractivity contribution in [2.75, 3.05) is 6.61 Å². The van der Waals surface area contributed by atoms with Crippen LogP contribution < -0.4 is 0 Å². The van der Waals surface area contributed by atoms with Crippen LogP contribution >= 0.6 is 0 Å². The van der Waals surface area contributed by atoms with Crippen molar-refractivity contribution in [3.63, 3.8) is 0 Å². The van der Waals surface area contributed by atoms with Gasteiger partial charge in [0.15, 0.2) is 0 Å². The first-order valence-electron chi connectivity index (χ1n) is 8.98. The molecule has 3 heteroatoms. The Labute approximate surface area is 131 Å². The standard InChI is InChI=1S/C18H36O3/c1-3-4-5-6-7-8-9-10-11-14-18(20)15-12-13-16-21-17(2)19/h18,20H,3-16H2,1-2H3. The van der Waals surface area contributed by atoms with Crippen LogP contribution in [0.5, 0.6) is 0 Å². The lowest BCUT2D eigenvalue weighted by atomic mass is 10.0. The number of ether oxygens (including phenoxy) is 1. The Morgan fingerprint density at radius 3 is 1.86 bits per heavy atom. The summed E-state index contributed by atoms with van der Waals surface area (Å²) in [4.78, 5) is 10.6. The van der Waals surface area contributed by atoms with Gasteiger partial charge in [-0.1, -0.05) is 64.7 Å². The van der Waals surface area contributed by atoms with Crippen LogP contribution in [-0.2, 0) is 9.53 Å². The number of hydrogen-bond acceptors (Lipinski definition) is 3. The molecule has 0 aromatic carbocycles. The van der Waals surface area contributed by atoms with E-state index in [0.717, 1.165) is 32.1 Å². The predicted molar refractivity (Wildman–Crippen MR) is 88.3 cm³/mol. The predicted octanol–water partition coefficient (Wildman–Crippen LogP) is 5.00. The van der Waals surface area contributed by atoms with Gasteiger partial charge in [-0.25, -0.2) is 0 Å². The SMILES string of the molecule is CCCCCCCCCCCC(O)CCCCOC(C)=O. The second kappa shape index (κ2) is 15.8. The van der Waals surface area contributed by atoms with Crippen LogP contribution in [-0.4, -0.2) is 23.8 Å². The highest BCUT2D eigenvalue weighted by molar-refractivity contribution is 5.65. The Balaban J connectivity index is 3.15. The molecular weight excluding hydrogens is 264 g/mol. The average Bonchev–Trinajstić information content (AvgIpc) is 2.45. The van der Waals surface area contributed by atoms with Gasteiger partial charge in [-0.3, -0.25) is 4.79 Å². The molecule has 0 rings (SSSR count). The third kappa shape index (κ3) is 17.4. The fourth-order valence-corrected chi connectivity index (χ4v) is 2.53. The molecule has 21 heavy (non-hydrogen) atoms. The zero-order valence-corrected chi connectivity index (χ0v) is 14.2. The third-order valence-corrected chi connectivity index (χ3v) is 3.88. The van der Waals surface area contributed by atoms with Crippen molar-refractivity contribution in [2.24, 2.45) is 0 Å². The molecule has 3 nitrogen and oxygen atoms in total. The minimum absolute atomic E-state index is 0.174. The molecule has 0 radical (unpaired) electrons. The van der Waals surface area contributed by atoms with Crippen molar-refractivity contribution in [3.8, 4) is 0 Å². The minimum atomic E-state index is -0.217. The van der Waals surface area contributed by atoms with E-state index in [4.69, 9.17) is 4.74 Å². The van der Waals surface area contributed by atoms with Crippen LogP contribution in [0.15, 0.2) is 0 Å². The van der Waals surface area contributed by atoms with Gasteiger partial charge in [0, 0.05) is 6.92 Å². The maximum Gasteiger partial charge on any atom is 0.302 e. The van der Waals surface area contributed by atoms with E-state index in [2.05, 4.69) is 6.92 Å². The van der Waals surface area contributed by atoms with Crippen molar-refractivity contribution in [2.45, 2.75) is 103 Å². The van der Waals surface area contributed by atoms with E-state index >= 15 is 0 Å². The summed E-state index contributed by atoms with van der Waals surface area (Å²) in [5.74, 6) is -0.217. The molecule has 1 unspecified atom stereocenters. The normalized spacial score (nSPS) is 12.3. The molecule has 0 spiro atoms. The summed E-state index contributed by atoms with van der Waals surface area (Å²) in [5.41, 5.74) is 0. The molecule has 0 saturated carbocycles. The van der Waals surface area contributed by atoms with Gasteiger partial charge in [-0.15, -0.1) is 0 Å². The summed E-state index contributed by atoms with van der Waals surface area (Å²) in [7, 11) is 0. The first-order valence-corrected chi connectivity index (χ1v) is 8.98. The highest BCUT2D eigenvalue weighted by atomic mass is 16.5. The van der Waals surface area contributed by atoms with Crippen molar-refractivity contribution in [1.29, 1.82) is 0 Å². The molecule has 1 N–H and O–H groups in total. The van der Waals surface area contributed by atoms with Crippen molar-refractivity contribution in [1.82, 2.24) is 0 Å². The zero-order chi connectivity index (χ0) is 15.8. The molecule has 0 aromatic rings. The molecule has 0 aliphatic heterocycles. The Bertz CT molecular complexity index is 229. The highest BCUT2D eigenvalue weighted by Gasteiger charge is 2.04. The summed E-state index contributed by atoms with van der Waals surface area (Å²) in [6, 6.07) is 0. The molecule has 0 saturated heterocycles. The molecular formula is C18H36O3. The topological polar surface area (TPSA) is 46.5 Å². The number of aliphatic hydroxyl groups is 1. The first-order chi connectivity index (χ1) is 10.2. The lowest BCUT2D eigenvalue weighted by Gasteiger charge is -2.10. The molecule has 1 atom stereocenters. The van der Waals surface area contributed by atoms with Gasteiger partial charge in [0.2, 0.25) is 0 Å². The van der Waals surface area contributed by atoms with Gasteiger partial charge in [0.25, 0.3) is 0 Å². The fourth-order valence-electron chi connectivity index (χ4n) is 2.53. The van der Waals surface area contributed by atoms with Crippen LogP contribution in [0.2, 0.25) is 0 Å². The van der Waals surface area contributed by atoms with Crippen LogP contribution in [0.4, 0.5) is 0 Å². The average molecular weight is 300 g/mol. The highest BCUT2D eigenvalue weighted by Crippen LogP contribution is 2.13. The first kappa shape index (κ1) is 20.4. The Morgan fingerprint density at radius 2 is 1.33 bits per heavy atom. The zero-order valence-electron chi connectivity index (χ0n) is 14.2. The van der Waals surface area contributed by atoms with Crippen LogP contribution in [0.25, 0.3) is 0 Å². The molecule has 0 heterocycles. The summed E-state index contributed by atoms with van der Waals surface area (Å²) in [6.45, 7) is 4.17. The van der Waals surface area contributed by atoms with E-state index in [9.17, 15) is 9.90 Å². The number of unbranched alkanes of at least 4 members (excludes halogenated alkanes) is 9. The Hall–Kier alpha value is -0.570. The summed E-state index contributed by atoms with van der Waals surface area (Å²) < 4.78 is 4.86. The Morgan fingerprint density at radius 1 is 0.857 bits per heavy atom. The largest absolute Gasteiger partial charge is 0.466 e. The van der Waals surface area contributed by atoms with E-state index in [-0.39, 0.29) is 12.1 Å². The maximum atomic E-state index is 10.6. The van der Waals surface area contributed by atoms with Crippen LogP contribution in [0.1, 0.15) is 97.3 Å². The molecule has 126 valence electrons. The van der Waals surface area contributed by atoms with Crippen LogP contribution in [0.3, 0.4) is 0 Å². The second-order valence-corrected chi connectivity index (χ2v) is 6.11. The van der Waals surface area contributed by atoms with Gasteiger partial charge >= 0.3 is 5.97 Å². The van der Waals surface area contributed by atoms with Gasteiger partial charge < -0.3 is 9.84 Å². The van der Waals surface area contributed by atoms with Gasteiger partial charge in [0.05, 0.1) is 12.7 Å². The van der Waals surface area contributed by atoms with Crippen molar-refractivity contribution < 1.29 is 14.6 Å². The molecule has 0 bridgehead atoms. The minimum Gasteiger partial charge on any atom is -0.466 e. The number of carbonyl (C=O) groups is 1. The van der Waals surface area contributed by atoms with Crippen LogP contribution in [0, 0.1) is 0 Å². The lowest BCUT2D eigenvalue weighted by Crippen LogP contribution is -2.07. The number of carbonyl (C=O) groups excluding carboxylic acids is 1. The number of aliphatic hydroxyl groups excluding tert-OH is 1. The molecule has 0 aliphatic carbocycles. The maximum absolute atomic E-state index is 10.6. The van der Waals surface area contributed by atoms with Gasteiger partial charge in [-0.05, 0) is 25.7 Å². The van der Waals surface area contributed by atoms with E-state index < -0.39 is 0 Å². The van der Waals surface area contributed by atoms with Gasteiger partial charge in [0.1, 0.15) is 0 Å². The fraction of sp³-hybridized carbons (Fsp3) is 0.944. The lowest BCUT2D eigenvalue weighted by molar-refractivity contribution is -0.141. The molecule has 0 amide bonds. The van der Waals surface area contributed by atoms with E-state index in [1.807, 2.05) is 0 Å². The van der Waals surface area contributed by atoms with Crippen molar-refractivity contribution in [3.05, 3.63) is 0 Å². The third-order valence-electron chi connectivity index (χ3n) is 3.88. The number of esters is 1. The molecule has 0 aliphatic rings. The van der Waals surface area contributed by atoms with Gasteiger partial charge in [-0.2, -0.15) is 0 Å². The Kier molecular flexibility index (Phi) is 15.4. The quantitative estimate of drug-likeness (QED) is 0.342. The molecule has 0 fully saturated rings. The summed E-state index contributed by atoms with van der Waals surface area (Å²) in [6.07, 6.45) is 15.3. The van der Waals surface area contributed by atoms with E-state index in [0.29, 0.717) is 6.61 Å². The second-order valence-electron chi connectivity index (χ2n) is 6.11. The van der Waals surface area contributed by atoms with Crippen molar-refractivity contribution >= 4 is 5.97 Å². The number of hydrogen-bond donors (Lipinski definition) is 1. The summed E-state index contributed by atoms with van der Waals surface area (Å²) >= 11 is 0. The number of rotatable bonds is 15. The van der Waals surface area contributed by atoms with E-state index in [1.54, 1.807) is 0 Å². The van der Waals surface area contributed by atoms with E-state index in [1.165, 1.54) is 58.3 Å².